The van der Waals surface area contributed by atoms with Gasteiger partial charge in [-0.05, 0) is 31.6 Å². The Bertz CT molecular complexity index is 194. The molecule has 0 saturated heterocycles. The SMILES string of the molecule is CCCNC(=O)C1CC(C)CCC1N. The number of hydrogen-bond acceptors (Lipinski definition) is 2. The van der Waals surface area contributed by atoms with Crippen LogP contribution in [0.3, 0.4) is 0 Å². The molecule has 0 heterocycles. The van der Waals surface area contributed by atoms with Gasteiger partial charge in [0.05, 0.1) is 5.92 Å². The van der Waals surface area contributed by atoms with E-state index in [0.717, 1.165) is 25.8 Å². The van der Waals surface area contributed by atoms with Gasteiger partial charge in [0.2, 0.25) is 5.91 Å². The molecule has 0 radical (unpaired) electrons. The van der Waals surface area contributed by atoms with Crippen LogP contribution >= 0.6 is 0 Å². The fourth-order valence-corrected chi connectivity index (χ4v) is 2.09. The van der Waals surface area contributed by atoms with Gasteiger partial charge in [0.1, 0.15) is 0 Å². The summed E-state index contributed by atoms with van der Waals surface area (Å²) in [6, 6.07) is 0.0723. The zero-order chi connectivity index (χ0) is 10.6. The first-order valence-electron chi connectivity index (χ1n) is 5.68. The molecule has 3 nitrogen and oxygen atoms in total. The van der Waals surface area contributed by atoms with Gasteiger partial charge in [-0.3, -0.25) is 4.79 Å². The molecule has 0 aromatic heterocycles. The van der Waals surface area contributed by atoms with Crippen LogP contribution in [0.2, 0.25) is 0 Å². The summed E-state index contributed by atoms with van der Waals surface area (Å²) in [5.41, 5.74) is 5.95. The van der Waals surface area contributed by atoms with Crippen LogP contribution in [0.25, 0.3) is 0 Å². The van der Waals surface area contributed by atoms with Crippen molar-refractivity contribution in [2.45, 2.75) is 45.6 Å². The number of carbonyl (C=O) groups is 1. The molecule has 3 heteroatoms. The van der Waals surface area contributed by atoms with E-state index in [0.29, 0.717) is 5.92 Å². The van der Waals surface area contributed by atoms with Crippen LogP contribution < -0.4 is 11.1 Å². The maximum atomic E-state index is 11.7. The summed E-state index contributed by atoms with van der Waals surface area (Å²) in [5.74, 6) is 0.850. The minimum absolute atomic E-state index is 0.0466. The minimum Gasteiger partial charge on any atom is -0.356 e. The molecule has 14 heavy (non-hydrogen) atoms. The quantitative estimate of drug-likeness (QED) is 0.717. The molecule has 0 aromatic rings. The summed E-state index contributed by atoms with van der Waals surface area (Å²) in [5, 5.41) is 2.93. The molecule has 0 aliphatic heterocycles. The van der Waals surface area contributed by atoms with E-state index in [1.54, 1.807) is 0 Å². The highest BCUT2D eigenvalue weighted by Gasteiger charge is 2.30. The molecule has 1 aliphatic rings. The van der Waals surface area contributed by atoms with Crippen LogP contribution in [0.5, 0.6) is 0 Å². The first kappa shape index (κ1) is 11.5. The lowest BCUT2D eigenvalue weighted by Crippen LogP contribution is -2.45. The Kier molecular flexibility index (Phi) is 4.39. The van der Waals surface area contributed by atoms with Crippen LogP contribution in [-0.4, -0.2) is 18.5 Å². The molecule has 1 amide bonds. The summed E-state index contributed by atoms with van der Waals surface area (Å²) >= 11 is 0. The molecular formula is C11H22N2O. The van der Waals surface area contributed by atoms with Crippen LogP contribution in [0, 0.1) is 11.8 Å². The van der Waals surface area contributed by atoms with Crippen molar-refractivity contribution < 1.29 is 4.79 Å². The predicted molar refractivity (Wildman–Crippen MR) is 57.8 cm³/mol. The van der Waals surface area contributed by atoms with E-state index in [1.807, 2.05) is 0 Å². The van der Waals surface area contributed by atoms with Crippen molar-refractivity contribution in [1.29, 1.82) is 0 Å². The van der Waals surface area contributed by atoms with Gasteiger partial charge in [0, 0.05) is 12.6 Å². The largest absolute Gasteiger partial charge is 0.356 e. The second-order valence-corrected chi connectivity index (χ2v) is 4.48. The van der Waals surface area contributed by atoms with Gasteiger partial charge >= 0.3 is 0 Å². The first-order chi connectivity index (χ1) is 6.65. The number of nitrogens with one attached hydrogen (secondary N) is 1. The zero-order valence-electron chi connectivity index (χ0n) is 9.25. The van der Waals surface area contributed by atoms with Crippen molar-refractivity contribution in [2.24, 2.45) is 17.6 Å². The van der Waals surface area contributed by atoms with E-state index in [9.17, 15) is 4.79 Å². The van der Waals surface area contributed by atoms with Crippen LogP contribution in [0.15, 0.2) is 0 Å². The third-order valence-electron chi connectivity index (χ3n) is 3.05. The molecule has 1 saturated carbocycles. The molecule has 1 aliphatic carbocycles. The summed E-state index contributed by atoms with van der Waals surface area (Å²) in [6.07, 6.45) is 4.10. The lowest BCUT2D eigenvalue weighted by atomic mass is 9.79. The van der Waals surface area contributed by atoms with Crippen LogP contribution in [0.1, 0.15) is 39.5 Å². The van der Waals surface area contributed by atoms with E-state index in [2.05, 4.69) is 19.2 Å². The van der Waals surface area contributed by atoms with Gasteiger partial charge in [-0.15, -0.1) is 0 Å². The van der Waals surface area contributed by atoms with Crippen molar-refractivity contribution in [2.75, 3.05) is 6.54 Å². The molecule has 1 rings (SSSR count). The third-order valence-corrected chi connectivity index (χ3v) is 3.05. The molecule has 3 N–H and O–H groups in total. The number of hydrogen-bond donors (Lipinski definition) is 2. The van der Waals surface area contributed by atoms with Crippen molar-refractivity contribution >= 4 is 5.91 Å². The van der Waals surface area contributed by atoms with E-state index < -0.39 is 0 Å². The molecule has 3 unspecified atom stereocenters. The molecule has 0 spiro atoms. The Balaban J connectivity index is 2.43. The Morgan fingerprint density at radius 2 is 2.21 bits per heavy atom. The average Bonchev–Trinajstić information content (AvgIpc) is 2.18. The Hall–Kier alpha value is -0.570. The highest BCUT2D eigenvalue weighted by molar-refractivity contribution is 5.79. The van der Waals surface area contributed by atoms with Crippen LogP contribution in [0.4, 0.5) is 0 Å². The zero-order valence-corrected chi connectivity index (χ0v) is 9.25. The summed E-state index contributed by atoms with van der Waals surface area (Å²) in [4.78, 5) is 11.7. The highest BCUT2D eigenvalue weighted by Crippen LogP contribution is 2.27. The molecule has 0 aromatic carbocycles. The third kappa shape index (κ3) is 2.98. The Morgan fingerprint density at radius 3 is 2.86 bits per heavy atom. The van der Waals surface area contributed by atoms with E-state index >= 15 is 0 Å². The summed E-state index contributed by atoms with van der Waals surface area (Å²) in [7, 11) is 0. The minimum atomic E-state index is 0.0466. The van der Waals surface area contributed by atoms with Gasteiger partial charge in [0.25, 0.3) is 0 Å². The smallest absolute Gasteiger partial charge is 0.224 e. The van der Waals surface area contributed by atoms with Gasteiger partial charge < -0.3 is 11.1 Å². The number of carbonyl (C=O) groups excluding carboxylic acids is 1. The lowest BCUT2D eigenvalue weighted by Gasteiger charge is -2.31. The lowest BCUT2D eigenvalue weighted by molar-refractivity contribution is -0.126. The molecule has 82 valence electrons. The maximum absolute atomic E-state index is 11.7. The summed E-state index contributed by atoms with van der Waals surface area (Å²) in [6.45, 7) is 5.03. The highest BCUT2D eigenvalue weighted by atomic mass is 16.1. The standard InChI is InChI=1S/C11H22N2O/c1-3-6-13-11(14)9-7-8(2)4-5-10(9)12/h8-10H,3-7,12H2,1-2H3,(H,13,14). The number of rotatable bonds is 3. The Labute approximate surface area is 86.4 Å². The van der Waals surface area contributed by atoms with Crippen molar-refractivity contribution in [3.63, 3.8) is 0 Å². The topological polar surface area (TPSA) is 55.1 Å². The van der Waals surface area contributed by atoms with Gasteiger partial charge in [-0.1, -0.05) is 13.8 Å². The number of nitrogens with two attached hydrogens (primary N) is 1. The first-order valence-corrected chi connectivity index (χ1v) is 5.68. The predicted octanol–water partition coefficient (Wildman–Crippen LogP) is 1.28. The van der Waals surface area contributed by atoms with Gasteiger partial charge in [-0.25, -0.2) is 0 Å². The van der Waals surface area contributed by atoms with E-state index in [1.165, 1.54) is 6.42 Å². The molecule has 1 fully saturated rings. The van der Waals surface area contributed by atoms with Crippen molar-refractivity contribution in [3.8, 4) is 0 Å². The number of amides is 1. The second-order valence-electron chi connectivity index (χ2n) is 4.48. The van der Waals surface area contributed by atoms with E-state index in [-0.39, 0.29) is 17.9 Å². The fourth-order valence-electron chi connectivity index (χ4n) is 2.09. The fraction of sp³-hybridized carbons (Fsp3) is 0.909. The maximum Gasteiger partial charge on any atom is 0.224 e. The second kappa shape index (κ2) is 5.35. The monoisotopic (exact) mass is 198 g/mol. The van der Waals surface area contributed by atoms with Crippen molar-refractivity contribution in [1.82, 2.24) is 5.32 Å². The molecule has 3 atom stereocenters. The normalized spacial score (nSPS) is 32.6. The van der Waals surface area contributed by atoms with Gasteiger partial charge in [-0.2, -0.15) is 0 Å². The van der Waals surface area contributed by atoms with Crippen LogP contribution in [-0.2, 0) is 4.79 Å². The average molecular weight is 198 g/mol. The van der Waals surface area contributed by atoms with E-state index in [4.69, 9.17) is 5.73 Å². The molecule has 0 bridgehead atoms. The van der Waals surface area contributed by atoms with Gasteiger partial charge in [0.15, 0.2) is 0 Å². The van der Waals surface area contributed by atoms with Crippen molar-refractivity contribution in [3.05, 3.63) is 0 Å². The summed E-state index contributed by atoms with van der Waals surface area (Å²) < 4.78 is 0. The molecular weight excluding hydrogens is 176 g/mol. The Morgan fingerprint density at radius 1 is 1.50 bits per heavy atom.